The second kappa shape index (κ2) is 5.36. The van der Waals surface area contributed by atoms with E-state index in [0.717, 1.165) is 25.8 Å². The molecule has 4 nitrogen and oxygen atoms in total. The van der Waals surface area contributed by atoms with Gasteiger partial charge in [-0.15, -0.1) is 0 Å². The van der Waals surface area contributed by atoms with E-state index in [1.54, 1.807) is 0 Å². The fraction of sp³-hybridized carbons (Fsp3) is 0.611. The molecule has 0 bridgehead atoms. The highest BCUT2D eigenvalue weighted by Crippen LogP contribution is 2.60. The molecule has 3 aliphatic rings. The highest BCUT2D eigenvalue weighted by atomic mass is 16.3. The quantitative estimate of drug-likeness (QED) is 0.780. The second-order valence-corrected chi connectivity index (χ2v) is 7.15. The molecule has 3 N–H and O–H groups in total. The lowest BCUT2D eigenvalue weighted by molar-refractivity contribution is -0.123. The van der Waals surface area contributed by atoms with Gasteiger partial charge in [0.1, 0.15) is 0 Å². The van der Waals surface area contributed by atoms with Crippen molar-refractivity contribution in [2.24, 2.45) is 11.8 Å². The summed E-state index contributed by atoms with van der Waals surface area (Å²) in [6, 6.07) is 8.63. The van der Waals surface area contributed by atoms with Crippen LogP contribution in [-0.2, 0) is 16.6 Å². The maximum Gasteiger partial charge on any atom is 0.224 e. The van der Waals surface area contributed by atoms with Crippen LogP contribution in [0.25, 0.3) is 0 Å². The van der Waals surface area contributed by atoms with Gasteiger partial charge in [0.15, 0.2) is 0 Å². The van der Waals surface area contributed by atoms with Crippen molar-refractivity contribution < 1.29 is 9.90 Å². The van der Waals surface area contributed by atoms with E-state index in [1.807, 2.05) is 0 Å². The van der Waals surface area contributed by atoms with E-state index in [-0.39, 0.29) is 29.3 Å². The Labute approximate surface area is 131 Å². The molecule has 1 aromatic carbocycles. The molecule has 4 unspecified atom stereocenters. The predicted octanol–water partition coefficient (Wildman–Crippen LogP) is 0.977. The fourth-order valence-electron chi connectivity index (χ4n) is 4.46. The van der Waals surface area contributed by atoms with Gasteiger partial charge in [0.05, 0.1) is 6.10 Å². The lowest BCUT2D eigenvalue weighted by atomic mass is 9.78. The van der Waals surface area contributed by atoms with Crippen molar-refractivity contribution in [1.29, 1.82) is 0 Å². The number of hydrogen-bond acceptors (Lipinski definition) is 3. The number of fused-ring (bicyclic) bond motifs is 2. The molecule has 4 rings (SSSR count). The summed E-state index contributed by atoms with van der Waals surface area (Å²) in [4.78, 5) is 12.5. The molecule has 1 spiro atoms. The van der Waals surface area contributed by atoms with Crippen molar-refractivity contribution in [1.82, 2.24) is 10.6 Å². The SMILES string of the molecule is O=C(NCC1CNCC1O)C1CC12CCCc1ccccc12. The molecule has 118 valence electrons. The smallest absolute Gasteiger partial charge is 0.224 e. The van der Waals surface area contributed by atoms with Gasteiger partial charge in [0, 0.05) is 36.9 Å². The number of amides is 1. The molecular formula is C18H24N2O2. The molecule has 0 aromatic heterocycles. The van der Waals surface area contributed by atoms with Crippen LogP contribution in [0.2, 0.25) is 0 Å². The summed E-state index contributed by atoms with van der Waals surface area (Å²) >= 11 is 0. The van der Waals surface area contributed by atoms with E-state index in [1.165, 1.54) is 17.5 Å². The van der Waals surface area contributed by atoms with Crippen molar-refractivity contribution in [2.75, 3.05) is 19.6 Å². The number of carbonyl (C=O) groups excluding carboxylic acids is 1. The van der Waals surface area contributed by atoms with Crippen LogP contribution in [0.15, 0.2) is 24.3 Å². The van der Waals surface area contributed by atoms with Gasteiger partial charge in [-0.2, -0.15) is 0 Å². The van der Waals surface area contributed by atoms with Crippen molar-refractivity contribution in [3.8, 4) is 0 Å². The number of carbonyl (C=O) groups is 1. The summed E-state index contributed by atoms with van der Waals surface area (Å²) in [7, 11) is 0. The Balaban J connectivity index is 1.42. The number of rotatable bonds is 3. The Morgan fingerprint density at radius 1 is 1.36 bits per heavy atom. The first-order valence-corrected chi connectivity index (χ1v) is 8.45. The Hall–Kier alpha value is -1.39. The predicted molar refractivity (Wildman–Crippen MR) is 84.5 cm³/mol. The molecule has 1 amide bonds. The van der Waals surface area contributed by atoms with Crippen LogP contribution in [0.1, 0.15) is 30.4 Å². The number of nitrogens with one attached hydrogen (secondary N) is 2. The Morgan fingerprint density at radius 2 is 2.23 bits per heavy atom. The molecule has 22 heavy (non-hydrogen) atoms. The van der Waals surface area contributed by atoms with E-state index in [0.29, 0.717) is 13.1 Å². The number of aliphatic hydroxyl groups is 1. The van der Waals surface area contributed by atoms with E-state index in [9.17, 15) is 9.90 Å². The Kier molecular flexibility index (Phi) is 3.46. The zero-order valence-corrected chi connectivity index (χ0v) is 12.8. The van der Waals surface area contributed by atoms with Gasteiger partial charge < -0.3 is 15.7 Å². The number of benzene rings is 1. The minimum atomic E-state index is -0.330. The summed E-state index contributed by atoms with van der Waals surface area (Å²) < 4.78 is 0. The Bertz CT molecular complexity index is 588. The third kappa shape index (κ3) is 2.25. The van der Waals surface area contributed by atoms with Crippen LogP contribution >= 0.6 is 0 Å². The van der Waals surface area contributed by atoms with Crippen LogP contribution in [0.5, 0.6) is 0 Å². The first kappa shape index (κ1) is 14.2. The van der Waals surface area contributed by atoms with E-state index in [2.05, 4.69) is 34.9 Å². The number of aryl methyl sites for hydroxylation is 1. The normalized spacial score (nSPS) is 36.1. The van der Waals surface area contributed by atoms with Crippen molar-refractivity contribution in [3.05, 3.63) is 35.4 Å². The molecule has 1 saturated carbocycles. The number of hydrogen-bond donors (Lipinski definition) is 3. The summed E-state index contributed by atoms with van der Waals surface area (Å²) in [5.74, 6) is 0.452. The van der Waals surface area contributed by atoms with Gasteiger partial charge in [-0.3, -0.25) is 4.79 Å². The maximum absolute atomic E-state index is 12.5. The topological polar surface area (TPSA) is 61.4 Å². The largest absolute Gasteiger partial charge is 0.391 e. The standard InChI is InChI=1S/C18H24N2O2/c21-16-11-19-9-13(16)10-20-17(22)15-8-18(15)7-3-5-12-4-1-2-6-14(12)18/h1-2,4,6,13,15-16,19,21H,3,5,7-11H2,(H,20,22). The monoisotopic (exact) mass is 300 g/mol. The van der Waals surface area contributed by atoms with Crippen LogP contribution in [0, 0.1) is 11.8 Å². The second-order valence-electron chi connectivity index (χ2n) is 7.15. The zero-order valence-electron chi connectivity index (χ0n) is 12.8. The molecule has 4 atom stereocenters. The van der Waals surface area contributed by atoms with Crippen LogP contribution in [0.4, 0.5) is 0 Å². The van der Waals surface area contributed by atoms with Crippen molar-refractivity contribution in [3.63, 3.8) is 0 Å². The molecule has 1 saturated heterocycles. The van der Waals surface area contributed by atoms with Gasteiger partial charge in [0.2, 0.25) is 5.91 Å². The fourth-order valence-corrected chi connectivity index (χ4v) is 4.46. The highest BCUT2D eigenvalue weighted by molar-refractivity contribution is 5.84. The van der Waals surface area contributed by atoms with Gasteiger partial charge >= 0.3 is 0 Å². The van der Waals surface area contributed by atoms with Gasteiger partial charge in [0.25, 0.3) is 0 Å². The summed E-state index contributed by atoms with van der Waals surface area (Å²) in [6.45, 7) is 2.02. The molecule has 2 aliphatic carbocycles. The van der Waals surface area contributed by atoms with E-state index in [4.69, 9.17) is 0 Å². The molecular weight excluding hydrogens is 276 g/mol. The van der Waals surface area contributed by atoms with E-state index >= 15 is 0 Å². The van der Waals surface area contributed by atoms with E-state index < -0.39 is 0 Å². The molecule has 1 aliphatic heterocycles. The van der Waals surface area contributed by atoms with Crippen LogP contribution in [-0.4, -0.2) is 36.8 Å². The van der Waals surface area contributed by atoms with Gasteiger partial charge in [-0.05, 0) is 36.8 Å². The number of β-amino-alcohol motifs (C(OH)–C–C–N with tert-alkyl or cyclic N) is 1. The summed E-state index contributed by atoms with van der Waals surface area (Å²) in [5, 5.41) is 16.1. The van der Waals surface area contributed by atoms with Crippen LogP contribution < -0.4 is 10.6 Å². The minimum absolute atomic E-state index is 0.103. The van der Waals surface area contributed by atoms with Gasteiger partial charge in [-0.1, -0.05) is 24.3 Å². The molecule has 2 fully saturated rings. The van der Waals surface area contributed by atoms with Crippen LogP contribution in [0.3, 0.4) is 0 Å². The third-order valence-corrected chi connectivity index (χ3v) is 5.86. The Morgan fingerprint density at radius 3 is 3.05 bits per heavy atom. The first-order valence-electron chi connectivity index (χ1n) is 8.45. The summed E-state index contributed by atoms with van der Waals surface area (Å²) in [6.07, 6.45) is 4.12. The third-order valence-electron chi connectivity index (χ3n) is 5.86. The molecule has 0 radical (unpaired) electrons. The lowest BCUT2D eigenvalue weighted by Crippen LogP contribution is -2.36. The molecule has 4 heteroatoms. The molecule has 1 heterocycles. The van der Waals surface area contributed by atoms with Crippen molar-refractivity contribution in [2.45, 2.75) is 37.2 Å². The average Bonchev–Trinajstić information content (AvgIpc) is 3.10. The van der Waals surface area contributed by atoms with Gasteiger partial charge in [-0.25, -0.2) is 0 Å². The summed E-state index contributed by atoms with van der Waals surface area (Å²) in [5.41, 5.74) is 2.94. The number of aliphatic hydroxyl groups excluding tert-OH is 1. The maximum atomic E-state index is 12.5. The zero-order chi connectivity index (χ0) is 15.2. The molecule has 1 aromatic rings. The van der Waals surface area contributed by atoms with Crippen molar-refractivity contribution >= 4 is 5.91 Å². The minimum Gasteiger partial charge on any atom is -0.391 e. The lowest BCUT2D eigenvalue weighted by Gasteiger charge is -2.26. The first-order chi connectivity index (χ1) is 10.7. The highest BCUT2D eigenvalue weighted by Gasteiger charge is 2.59. The average molecular weight is 300 g/mol.